The largest absolute Gasteiger partial charge is 0.453 e. The smallest absolute Gasteiger partial charge is 0.406 e. The van der Waals surface area contributed by atoms with Gasteiger partial charge in [0.15, 0.2) is 0 Å². The standard InChI is InChI=1S/C48H62N6O6/c1-32-15-11-12-18-36(32)30-54-40(29-50-45(54)58)43(47(2,3)4)44(57)53-39(26-33-16-9-8-10-17-33)41(55)27-37(52-42(56)28-48(5,6)31-51-46(59)60-7)25-34-20-22-35(23-21-34)38-19-13-14-24-49-38/h8-24,37,39-41,43,55H,25-31H2,1-7H3,(H,50,58)(H,51,59)(H,52,56)(H,53,57). The molecule has 3 aromatic carbocycles. The Bertz CT molecular complexity index is 2040. The number of alkyl carbamates (subject to hydrolysis) is 1. The molecule has 5 atom stereocenters. The van der Waals surface area contributed by atoms with Crippen LogP contribution < -0.4 is 21.3 Å². The van der Waals surface area contributed by atoms with Crippen LogP contribution in [0.15, 0.2) is 103 Å². The number of pyridine rings is 1. The number of hydrogen-bond acceptors (Lipinski definition) is 7. The Labute approximate surface area is 354 Å². The van der Waals surface area contributed by atoms with Crippen LogP contribution in [0.25, 0.3) is 11.3 Å². The van der Waals surface area contributed by atoms with Gasteiger partial charge in [-0.25, -0.2) is 9.59 Å². The highest BCUT2D eigenvalue weighted by Crippen LogP contribution is 2.34. The zero-order valence-electron chi connectivity index (χ0n) is 36.0. The second-order valence-corrected chi connectivity index (χ2v) is 17.8. The topological polar surface area (TPSA) is 162 Å². The van der Waals surface area contributed by atoms with Gasteiger partial charge in [0, 0.05) is 43.9 Å². The van der Waals surface area contributed by atoms with E-state index in [1.54, 1.807) is 11.1 Å². The lowest BCUT2D eigenvalue weighted by atomic mass is 9.75. The fourth-order valence-corrected chi connectivity index (χ4v) is 8.02. The Kier molecular flexibility index (Phi) is 15.5. The van der Waals surface area contributed by atoms with Gasteiger partial charge in [0.25, 0.3) is 0 Å². The molecule has 1 fully saturated rings. The maximum absolute atomic E-state index is 14.7. The Morgan fingerprint density at radius 2 is 1.55 bits per heavy atom. The van der Waals surface area contributed by atoms with E-state index in [-0.39, 0.29) is 37.2 Å². The van der Waals surface area contributed by atoms with Crippen molar-refractivity contribution in [3.8, 4) is 11.3 Å². The first-order chi connectivity index (χ1) is 28.5. The van der Waals surface area contributed by atoms with Gasteiger partial charge in [-0.05, 0) is 71.4 Å². The quantitative estimate of drug-likeness (QED) is 0.0757. The number of carbonyl (C=O) groups excluding carboxylic acids is 4. The molecule has 0 bridgehead atoms. The van der Waals surface area contributed by atoms with E-state index < -0.39 is 47.1 Å². The van der Waals surface area contributed by atoms with E-state index in [0.717, 1.165) is 33.5 Å². The molecule has 0 radical (unpaired) electrons. The van der Waals surface area contributed by atoms with Gasteiger partial charge in [-0.1, -0.05) is 120 Å². The number of hydrogen-bond donors (Lipinski definition) is 5. The summed E-state index contributed by atoms with van der Waals surface area (Å²) in [6.45, 7) is 12.7. The molecule has 0 aliphatic carbocycles. The highest BCUT2D eigenvalue weighted by molar-refractivity contribution is 5.84. The van der Waals surface area contributed by atoms with E-state index in [1.165, 1.54) is 7.11 Å². The Morgan fingerprint density at radius 1 is 0.883 bits per heavy atom. The van der Waals surface area contributed by atoms with Gasteiger partial charge in [-0.15, -0.1) is 0 Å². The van der Waals surface area contributed by atoms with E-state index >= 15 is 0 Å². The maximum atomic E-state index is 14.7. The Balaban J connectivity index is 1.40. The Hall–Kier alpha value is -5.75. The third-order valence-corrected chi connectivity index (χ3v) is 11.2. The summed E-state index contributed by atoms with van der Waals surface area (Å²) in [6, 6.07) is 29.4. The molecule has 4 aromatic rings. The molecule has 5 rings (SSSR count). The van der Waals surface area contributed by atoms with Gasteiger partial charge in [0.05, 0.1) is 36.9 Å². The fourth-order valence-electron chi connectivity index (χ4n) is 8.02. The lowest BCUT2D eigenvalue weighted by molar-refractivity contribution is -0.132. The molecule has 5 unspecified atom stereocenters. The van der Waals surface area contributed by atoms with Crippen molar-refractivity contribution in [1.29, 1.82) is 0 Å². The van der Waals surface area contributed by atoms with Gasteiger partial charge in [-0.3, -0.25) is 14.6 Å². The molecule has 1 saturated heterocycles. The van der Waals surface area contributed by atoms with Gasteiger partial charge in [-0.2, -0.15) is 0 Å². The van der Waals surface area contributed by atoms with Crippen molar-refractivity contribution in [2.75, 3.05) is 20.2 Å². The van der Waals surface area contributed by atoms with Crippen molar-refractivity contribution < 1.29 is 29.0 Å². The molecule has 60 heavy (non-hydrogen) atoms. The van der Waals surface area contributed by atoms with Crippen LogP contribution in [0.1, 0.15) is 69.7 Å². The summed E-state index contributed by atoms with van der Waals surface area (Å²) in [5, 5.41) is 24.3. The van der Waals surface area contributed by atoms with Gasteiger partial charge < -0.3 is 36.0 Å². The minimum absolute atomic E-state index is 0.104. The monoisotopic (exact) mass is 818 g/mol. The number of methoxy groups -OCH3 is 1. The molecule has 5 amide bonds. The number of rotatable bonds is 18. The van der Waals surface area contributed by atoms with Crippen LogP contribution in [0, 0.1) is 23.7 Å². The highest BCUT2D eigenvalue weighted by Gasteiger charge is 2.46. The summed E-state index contributed by atoms with van der Waals surface area (Å²) in [5.41, 5.74) is 4.59. The normalized spacial score (nSPS) is 16.2. The maximum Gasteiger partial charge on any atom is 0.406 e. The van der Waals surface area contributed by atoms with Gasteiger partial charge in [0.1, 0.15) is 0 Å². The molecule has 320 valence electrons. The molecule has 0 spiro atoms. The number of ether oxygens (including phenoxy) is 1. The van der Waals surface area contributed by atoms with Crippen molar-refractivity contribution in [1.82, 2.24) is 31.2 Å². The van der Waals surface area contributed by atoms with Crippen molar-refractivity contribution in [2.24, 2.45) is 16.7 Å². The van der Waals surface area contributed by atoms with Crippen molar-refractivity contribution in [3.05, 3.63) is 126 Å². The molecule has 12 heteroatoms. The summed E-state index contributed by atoms with van der Waals surface area (Å²) in [5.74, 6) is -1.12. The third kappa shape index (κ3) is 12.9. The first-order valence-electron chi connectivity index (χ1n) is 20.8. The molecule has 1 aliphatic heterocycles. The minimum atomic E-state index is -1.08. The van der Waals surface area contributed by atoms with E-state index in [1.807, 2.05) is 139 Å². The summed E-state index contributed by atoms with van der Waals surface area (Å²) in [7, 11) is 1.29. The molecule has 2 heterocycles. The fraction of sp³-hybridized carbons (Fsp3) is 0.438. The number of urea groups is 1. The molecule has 0 saturated carbocycles. The number of carbonyl (C=O) groups is 4. The van der Waals surface area contributed by atoms with Gasteiger partial charge >= 0.3 is 12.1 Å². The van der Waals surface area contributed by atoms with E-state index in [0.29, 0.717) is 25.9 Å². The van der Waals surface area contributed by atoms with Crippen LogP contribution in [0.5, 0.6) is 0 Å². The average molecular weight is 819 g/mol. The lowest BCUT2D eigenvalue weighted by Crippen LogP contribution is -2.56. The van der Waals surface area contributed by atoms with Crippen LogP contribution in [-0.4, -0.2) is 83.4 Å². The number of amides is 5. The first kappa shape index (κ1) is 45.3. The number of benzene rings is 3. The van der Waals surface area contributed by atoms with Crippen molar-refractivity contribution in [3.63, 3.8) is 0 Å². The number of nitrogens with one attached hydrogen (secondary N) is 4. The second kappa shape index (κ2) is 20.5. The number of aryl methyl sites for hydroxylation is 1. The summed E-state index contributed by atoms with van der Waals surface area (Å²) >= 11 is 0. The first-order valence-corrected chi connectivity index (χ1v) is 20.8. The lowest BCUT2D eigenvalue weighted by Gasteiger charge is -2.39. The molecular formula is C48H62N6O6. The van der Waals surface area contributed by atoms with Crippen molar-refractivity contribution in [2.45, 2.75) is 98.0 Å². The van der Waals surface area contributed by atoms with Crippen LogP contribution in [0.4, 0.5) is 9.59 Å². The van der Waals surface area contributed by atoms with E-state index in [2.05, 4.69) is 26.3 Å². The van der Waals surface area contributed by atoms with E-state index in [9.17, 15) is 24.3 Å². The average Bonchev–Trinajstić information content (AvgIpc) is 3.55. The predicted molar refractivity (Wildman–Crippen MR) is 234 cm³/mol. The SMILES string of the molecule is COC(=O)NCC(C)(C)CC(=O)NC(Cc1ccc(-c2ccccn2)cc1)CC(O)C(Cc1ccccc1)NC(=O)C(C1CNC(=O)N1Cc1ccccc1C)C(C)(C)C. The number of aromatic nitrogens is 1. The van der Waals surface area contributed by atoms with E-state index in [4.69, 9.17) is 4.74 Å². The Morgan fingerprint density at radius 3 is 2.20 bits per heavy atom. The summed E-state index contributed by atoms with van der Waals surface area (Å²) in [6.07, 6.45) is 1.08. The third-order valence-electron chi connectivity index (χ3n) is 11.2. The summed E-state index contributed by atoms with van der Waals surface area (Å²) < 4.78 is 4.72. The minimum Gasteiger partial charge on any atom is -0.453 e. The highest BCUT2D eigenvalue weighted by atomic mass is 16.5. The number of aliphatic hydroxyl groups excluding tert-OH is 1. The zero-order chi connectivity index (χ0) is 43.5. The van der Waals surface area contributed by atoms with Crippen LogP contribution >= 0.6 is 0 Å². The van der Waals surface area contributed by atoms with Crippen LogP contribution in [0.2, 0.25) is 0 Å². The number of aliphatic hydroxyl groups is 1. The molecular weight excluding hydrogens is 757 g/mol. The van der Waals surface area contributed by atoms with Crippen LogP contribution in [0.3, 0.4) is 0 Å². The summed E-state index contributed by atoms with van der Waals surface area (Å²) in [4.78, 5) is 59.8. The molecule has 12 nitrogen and oxygen atoms in total. The van der Waals surface area contributed by atoms with Crippen molar-refractivity contribution >= 4 is 23.9 Å². The predicted octanol–water partition coefficient (Wildman–Crippen LogP) is 6.59. The van der Waals surface area contributed by atoms with Gasteiger partial charge in [0.2, 0.25) is 11.8 Å². The zero-order valence-corrected chi connectivity index (χ0v) is 36.0. The van der Waals surface area contributed by atoms with Crippen LogP contribution in [-0.2, 0) is 33.7 Å². The molecule has 5 N–H and O–H groups in total. The molecule has 1 aromatic heterocycles. The second-order valence-electron chi connectivity index (χ2n) is 17.8. The molecule has 1 aliphatic rings. The number of nitrogens with zero attached hydrogens (tertiary/aromatic N) is 2.